The first-order valence-electron chi connectivity index (χ1n) is 7.20. The van der Waals surface area contributed by atoms with Crippen molar-refractivity contribution in [2.45, 2.75) is 58.7 Å². The van der Waals surface area contributed by atoms with Crippen LogP contribution in [0.1, 0.15) is 51.5 Å². The van der Waals surface area contributed by atoms with Crippen LogP contribution in [0, 0.1) is 0 Å². The summed E-state index contributed by atoms with van der Waals surface area (Å²) in [5.74, 6) is 0. The van der Waals surface area contributed by atoms with Gasteiger partial charge in [0.2, 0.25) is 0 Å². The molecule has 0 heterocycles. The van der Waals surface area contributed by atoms with Crippen molar-refractivity contribution in [2.24, 2.45) is 0 Å². The summed E-state index contributed by atoms with van der Waals surface area (Å²) in [6, 6.07) is 7.23. The Balaban J connectivity index is 2.29. The van der Waals surface area contributed by atoms with Gasteiger partial charge in [0.05, 0.1) is 12.7 Å². The maximum Gasteiger partial charge on any atom is 0.488 e. The lowest BCUT2D eigenvalue weighted by molar-refractivity contribution is 0.0459. The highest BCUT2D eigenvalue weighted by molar-refractivity contribution is 6.58. The highest BCUT2D eigenvalue weighted by Gasteiger charge is 2.11. The smallest absolute Gasteiger partial charge is 0.423 e. The number of rotatable bonds is 9. The summed E-state index contributed by atoms with van der Waals surface area (Å²) in [6.07, 6.45) is 6.37. The molecule has 1 aromatic rings. The maximum absolute atomic E-state index is 9.11. The van der Waals surface area contributed by atoms with Gasteiger partial charge in [-0.3, -0.25) is 0 Å². The van der Waals surface area contributed by atoms with Gasteiger partial charge in [-0.2, -0.15) is 0 Å². The van der Waals surface area contributed by atoms with E-state index in [0.717, 1.165) is 12.0 Å². The summed E-state index contributed by atoms with van der Waals surface area (Å²) in [5.41, 5.74) is 1.49. The molecule has 1 unspecified atom stereocenters. The first kappa shape index (κ1) is 16.2. The van der Waals surface area contributed by atoms with Gasteiger partial charge in [-0.1, -0.05) is 56.9 Å². The highest BCUT2D eigenvalue weighted by Crippen LogP contribution is 2.10. The van der Waals surface area contributed by atoms with Crippen LogP contribution in [0.15, 0.2) is 24.3 Å². The highest BCUT2D eigenvalue weighted by atomic mass is 16.5. The molecule has 0 bridgehead atoms. The Morgan fingerprint density at radius 1 is 1.21 bits per heavy atom. The second-order valence-electron chi connectivity index (χ2n) is 5.09. The third-order valence-corrected chi connectivity index (χ3v) is 3.25. The van der Waals surface area contributed by atoms with Crippen molar-refractivity contribution >= 4 is 12.6 Å². The van der Waals surface area contributed by atoms with Crippen LogP contribution < -0.4 is 5.46 Å². The van der Waals surface area contributed by atoms with E-state index in [-0.39, 0.29) is 6.10 Å². The van der Waals surface area contributed by atoms with E-state index in [9.17, 15) is 0 Å². The first-order valence-corrected chi connectivity index (χ1v) is 7.20. The Morgan fingerprint density at radius 3 is 2.68 bits per heavy atom. The summed E-state index contributed by atoms with van der Waals surface area (Å²) in [5, 5.41) is 18.2. The predicted molar refractivity (Wildman–Crippen MR) is 79.3 cm³/mol. The molecular formula is C15H25BO3. The molecule has 0 saturated heterocycles. The van der Waals surface area contributed by atoms with Crippen LogP contribution in [0.25, 0.3) is 0 Å². The van der Waals surface area contributed by atoms with Crippen LogP contribution >= 0.6 is 0 Å². The lowest BCUT2D eigenvalue weighted by Crippen LogP contribution is -2.29. The molecule has 106 valence electrons. The number of hydrogen-bond acceptors (Lipinski definition) is 3. The van der Waals surface area contributed by atoms with Gasteiger partial charge in [0, 0.05) is 0 Å². The van der Waals surface area contributed by atoms with Crippen LogP contribution in [0.3, 0.4) is 0 Å². The van der Waals surface area contributed by atoms with E-state index in [1.54, 1.807) is 12.1 Å². The van der Waals surface area contributed by atoms with E-state index in [4.69, 9.17) is 14.8 Å². The molecule has 0 aliphatic rings. The van der Waals surface area contributed by atoms with Gasteiger partial charge >= 0.3 is 7.12 Å². The molecule has 1 rings (SSSR count). The average Bonchev–Trinajstić information content (AvgIpc) is 2.41. The molecule has 19 heavy (non-hydrogen) atoms. The Morgan fingerprint density at radius 2 is 2.00 bits per heavy atom. The molecule has 0 spiro atoms. The minimum absolute atomic E-state index is 0.250. The fourth-order valence-electron chi connectivity index (χ4n) is 2.02. The molecule has 0 fully saturated rings. The molecule has 0 aliphatic carbocycles. The van der Waals surface area contributed by atoms with Crippen molar-refractivity contribution in [1.29, 1.82) is 0 Å². The Bertz CT molecular complexity index is 355. The lowest BCUT2D eigenvalue weighted by Gasteiger charge is -2.13. The molecule has 0 radical (unpaired) electrons. The fraction of sp³-hybridized carbons (Fsp3) is 0.600. The lowest BCUT2D eigenvalue weighted by atomic mass is 9.80. The average molecular weight is 264 g/mol. The summed E-state index contributed by atoms with van der Waals surface area (Å²) in [4.78, 5) is 0. The van der Waals surface area contributed by atoms with Crippen molar-refractivity contribution < 1.29 is 14.8 Å². The third-order valence-electron chi connectivity index (χ3n) is 3.25. The Hall–Kier alpha value is -0.835. The number of hydrogen-bond donors (Lipinski definition) is 2. The summed E-state index contributed by atoms with van der Waals surface area (Å²) < 4.78 is 5.78. The largest absolute Gasteiger partial charge is 0.488 e. The van der Waals surface area contributed by atoms with E-state index in [2.05, 4.69) is 13.8 Å². The minimum atomic E-state index is -1.41. The van der Waals surface area contributed by atoms with Crippen LogP contribution in [0.5, 0.6) is 0 Å². The zero-order chi connectivity index (χ0) is 14.1. The Kier molecular flexibility index (Phi) is 7.79. The molecular weight excluding hydrogens is 239 g/mol. The van der Waals surface area contributed by atoms with Crippen molar-refractivity contribution in [3.05, 3.63) is 29.8 Å². The number of unbranched alkanes of at least 4 members (excludes halogenated alkanes) is 3. The Labute approximate surface area is 116 Å². The van der Waals surface area contributed by atoms with E-state index in [1.165, 1.54) is 25.7 Å². The summed E-state index contributed by atoms with van der Waals surface area (Å²) >= 11 is 0. The van der Waals surface area contributed by atoms with Crippen molar-refractivity contribution in [2.75, 3.05) is 0 Å². The van der Waals surface area contributed by atoms with Crippen LogP contribution in [0.4, 0.5) is 0 Å². The van der Waals surface area contributed by atoms with Gasteiger partial charge in [-0.15, -0.1) is 0 Å². The van der Waals surface area contributed by atoms with Gasteiger partial charge in [0.15, 0.2) is 0 Å². The minimum Gasteiger partial charge on any atom is -0.423 e. The standard InChI is InChI=1S/C15H25BO3/c1-3-4-5-6-8-13(2)19-12-14-9-7-10-15(11-14)16(17)18/h7,9-11,13,17-18H,3-6,8,12H2,1-2H3. The second-order valence-corrected chi connectivity index (χ2v) is 5.09. The molecule has 0 saturated carbocycles. The molecule has 1 atom stereocenters. The summed E-state index contributed by atoms with van der Waals surface area (Å²) in [6.45, 7) is 4.83. The van der Waals surface area contributed by atoms with Crippen LogP contribution in [-0.2, 0) is 11.3 Å². The predicted octanol–water partition coefficient (Wildman–Crippen LogP) is 2.24. The topological polar surface area (TPSA) is 49.7 Å². The summed E-state index contributed by atoms with van der Waals surface area (Å²) in [7, 11) is -1.41. The molecule has 2 N–H and O–H groups in total. The van der Waals surface area contributed by atoms with Crippen molar-refractivity contribution in [3.8, 4) is 0 Å². The quantitative estimate of drug-likeness (QED) is 0.531. The zero-order valence-electron chi connectivity index (χ0n) is 12.0. The monoisotopic (exact) mass is 264 g/mol. The van der Waals surface area contributed by atoms with E-state index >= 15 is 0 Å². The second kappa shape index (κ2) is 9.13. The number of ether oxygens (including phenoxy) is 1. The molecule has 0 aliphatic heterocycles. The number of benzene rings is 1. The van der Waals surface area contributed by atoms with Gasteiger partial charge in [-0.05, 0) is 24.4 Å². The zero-order valence-corrected chi connectivity index (χ0v) is 12.0. The molecule has 4 heteroatoms. The first-order chi connectivity index (χ1) is 9.13. The normalized spacial score (nSPS) is 12.4. The van der Waals surface area contributed by atoms with Crippen molar-refractivity contribution in [3.63, 3.8) is 0 Å². The maximum atomic E-state index is 9.11. The van der Waals surface area contributed by atoms with Crippen LogP contribution in [-0.4, -0.2) is 23.3 Å². The van der Waals surface area contributed by atoms with Gasteiger partial charge in [0.1, 0.15) is 0 Å². The van der Waals surface area contributed by atoms with Crippen LogP contribution in [0.2, 0.25) is 0 Å². The van der Waals surface area contributed by atoms with Crippen molar-refractivity contribution in [1.82, 2.24) is 0 Å². The van der Waals surface area contributed by atoms with Gasteiger partial charge in [0.25, 0.3) is 0 Å². The van der Waals surface area contributed by atoms with Gasteiger partial charge in [-0.25, -0.2) is 0 Å². The molecule has 1 aromatic carbocycles. The van der Waals surface area contributed by atoms with E-state index in [0.29, 0.717) is 12.1 Å². The molecule has 0 aromatic heterocycles. The van der Waals surface area contributed by atoms with Gasteiger partial charge < -0.3 is 14.8 Å². The van der Waals surface area contributed by atoms with E-state index < -0.39 is 7.12 Å². The van der Waals surface area contributed by atoms with E-state index in [1.807, 2.05) is 12.1 Å². The fourth-order valence-corrected chi connectivity index (χ4v) is 2.02. The SMILES string of the molecule is CCCCCCC(C)OCc1cccc(B(O)O)c1. The third kappa shape index (κ3) is 6.76. The molecule has 3 nitrogen and oxygen atoms in total. The molecule has 0 amide bonds.